The van der Waals surface area contributed by atoms with E-state index >= 15 is 0 Å². The van der Waals surface area contributed by atoms with Gasteiger partial charge in [-0.3, -0.25) is 0 Å². The summed E-state index contributed by atoms with van der Waals surface area (Å²) in [6.07, 6.45) is 14.5. The van der Waals surface area contributed by atoms with E-state index in [1.807, 2.05) is 24.3 Å². The van der Waals surface area contributed by atoms with Crippen LogP contribution in [0.15, 0.2) is 24.3 Å². The Morgan fingerprint density at radius 1 is 0.944 bits per heavy atom. The maximum absolute atomic E-state index is 5.66. The van der Waals surface area contributed by atoms with E-state index in [4.69, 9.17) is 11.2 Å². The van der Waals surface area contributed by atoms with Gasteiger partial charge in [0.1, 0.15) is 5.75 Å². The number of rotatable bonds is 9. The first-order valence-electron chi connectivity index (χ1n) is 7.06. The average molecular weight is 244 g/mol. The minimum absolute atomic E-state index is 0.809. The van der Waals surface area contributed by atoms with Crippen LogP contribution in [0, 0.1) is 12.3 Å². The highest BCUT2D eigenvalue weighted by molar-refractivity contribution is 5.36. The van der Waals surface area contributed by atoms with Gasteiger partial charge in [-0.25, -0.2) is 0 Å². The van der Waals surface area contributed by atoms with E-state index in [-0.39, 0.29) is 0 Å². The van der Waals surface area contributed by atoms with E-state index in [1.54, 1.807) is 0 Å². The zero-order valence-electron chi connectivity index (χ0n) is 11.5. The van der Waals surface area contributed by atoms with Crippen LogP contribution in [0.1, 0.15) is 57.4 Å². The second-order valence-corrected chi connectivity index (χ2v) is 4.64. The van der Waals surface area contributed by atoms with E-state index in [0.717, 1.165) is 24.3 Å². The zero-order valence-corrected chi connectivity index (χ0v) is 11.5. The van der Waals surface area contributed by atoms with Crippen LogP contribution < -0.4 is 4.74 Å². The van der Waals surface area contributed by atoms with Crippen LogP contribution in [0.5, 0.6) is 5.75 Å². The van der Waals surface area contributed by atoms with Gasteiger partial charge >= 0.3 is 0 Å². The molecule has 0 N–H and O–H groups in total. The van der Waals surface area contributed by atoms with Crippen LogP contribution in [0.4, 0.5) is 0 Å². The van der Waals surface area contributed by atoms with Gasteiger partial charge in [0.05, 0.1) is 6.61 Å². The lowest BCUT2D eigenvalue weighted by Gasteiger charge is -2.06. The molecule has 0 atom stereocenters. The Bertz CT molecular complexity index is 345. The van der Waals surface area contributed by atoms with Crippen LogP contribution >= 0.6 is 0 Å². The molecule has 1 heteroatoms. The van der Waals surface area contributed by atoms with Crippen molar-refractivity contribution in [1.82, 2.24) is 0 Å². The monoisotopic (exact) mass is 244 g/mol. The van der Waals surface area contributed by atoms with Crippen molar-refractivity contribution in [3.05, 3.63) is 29.8 Å². The van der Waals surface area contributed by atoms with Gasteiger partial charge in [0.2, 0.25) is 0 Å². The molecule has 0 aliphatic carbocycles. The number of unbranched alkanes of at least 4 members (excludes halogenated alkanes) is 6. The molecule has 0 amide bonds. The molecule has 18 heavy (non-hydrogen) atoms. The number of benzene rings is 1. The Morgan fingerprint density at radius 3 is 2.17 bits per heavy atom. The number of terminal acetylenes is 1. The molecule has 0 bridgehead atoms. The third kappa shape index (κ3) is 6.35. The topological polar surface area (TPSA) is 9.23 Å². The van der Waals surface area contributed by atoms with E-state index in [1.165, 1.54) is 38.5 Å². The standard InChI is InChI=1S/C17H24O/c1-3-5-6-7-8-9-10-15-18-17-13-11-16(4-2)12-14-17/h2,11-14H,3,5-10,15H2,1H3. The first-order valence-corrected chi connectivity index (χ1v) is 7.06. The lowest BCUT2D eigenvalue weighted by Crippen LogP contribution is -1.97. The third-order valence-electron chi connectivity index (χ3n) is 3.04. The molecule has 98 valence electrons. The lowest BCUT2D eigenvalue weighted by atomic mass is 10.1. The van der Waals surface area contributed by atoms with Gasteiger partial charge < -0.3 is 4.74 Å². The van der Waals surface area contributed by atoms with Crippen molar-refractivity contribution in [2.24, 2.45) is 0 Å². The van der Waals surface area contributed by atoms with Gasteiger partial charge in [0, 0.05) is 5.56 Å². The molecule has 0 unspecified atom stereocenters. The van der Waals surface area contributed by atoms with E-state index < -0.39 is 0 Å². The summed E-state index contributed by atoms with van der Waals surface area (Å²) in [6, 6.07) is 7.72. The first-order chi connectivity index (χ1) is 8.86. The van der Waals surface area contributed by atoms with Gasteiger partial charge in [0.15, 0.2) is 0 Å². The molecule has 0 aliphatic heterocycles. The highest BCUT2D eigenvalue weighted by atomic mass is 16.5. The summed E-state index contributed by atoms with van der Waals surface area (Å²) < 4.78 is 5.66. The largest absolute Gasteiger partial charge is 0.494 e. The van der Waals surface area contributed by atoms with Gasteiger partial charge in [-0.1, -0.05) is 51.4 Å². The quantitative estimate of drug-likeness (QED) is 0.448. The Morgan fingerprint density at radius 2 is 1.56 bits per heavy atom. The van der Waals surface area contributed by atoms with Crippen LogP contribution in [0.3, 0.4) is 0 Å². The summed E-state index contributed by atoms with van der Waals surface area (Å²) in [7, 11) is 0. The normalized spacial score (nSPS) is 10.0. The van der Waals surface area contributed by atoms with Gasteiger partial charge in [0.25, 0.3) is 0 Å². The van der Waals surface area contributed by atoms with Crippen LogP contribution in [-0.2, 0) is 0 Å². The molecule has 0 aromatic heterocycles. The number of hydrogen-bond acceptors (Lipinski definition) is 1. The van der Waals surface area contributed by atoms with Crippen molar-refractivity contribution >= 4 is 0 Å². The molecule has 1 nitrogen and oxygen atoms in total. The number of ether oxygens (including phenoxy) is 1. The first kappa shape index (κ1) is 14.6. The maximum atomic E-state index is 5.66. The summed E-state index contributed by atoms with van der Waals surface area (Å²) in [6.45, 7) is 3.06. The molecular weight excluding hydrogens is 220 g/mol. The Balaban J connectivity index is 2.02. The van der Waals surface area contributed by atoms with E-state index in [9.17, 15) is 0 Å². The minimum atomic E-state index is 0.809. The second kappa shape index (κ2) is 9.59. The van der Waals surface area contributed by atoms with Crippen molar-refractivity contribution in [2.45, 2.75) is 51.9 Å². The zero-order chi connectivity index (χ0) is 13.1. The van der Waals surface area contributed by atoms with Gasteiger partial charge in [-0.15, -0.1) is 6.42 Å². The number of hydrogen-bond donors (Lipinski definition) is 0. The fourth-order valence-corrected chi connectivity index (χ4v) is 1.90. The second-order valence-electron chi connectivity index (χ2n) is 4.64. The average Bonchev–Trinajstić information content (AvgIpc) is 2.42. The SMILES string of the molecule is C#Cc1ccc(OCCCCCCCCC)cc1. The minimum Gasteiger partial charge on any atom is -0.494 e. The summed E-state index contributed by atoms with van der Waals surface area (Å²) in [4.78, 5) is 0. The predicted octanol–water partition coefficient (Wildman–Crippen LogP) is 4.80. The van der Waals surface area contributed by atoms with Crippen molar-refractivity contribution in [1.29, 1.82) is 0 Å². The molecule has 0 heterocycles. The van der Waals surface area contributed by atoms with E-state index in [2.05, 4.69) is 12.8 Å². The molecule has 0 radical (unpaired) electrons. The Hall–Kier alpha value is -1.42. The molecule has 1 rings (SSSR count). The third-order valence-corrected chi connectivity index (χ3v) is 3.04. The fraction of sp³-hybridized carbons (Fsp3) is 0.529. The van der Waals surface area contributed by atoms with Gasteiger partial charge in [-0.2, -0.15) is 0 Å². The molecule has 1 aromatic carbocycles. The summed E-state index contributed by atoms with van der Waals surface area (Å²) in [5, 5.41) is 0. The van der Waals surface area contributed by atoms with E-state index in [0.29, 0.717) is 0 Å². The highest BCUT2D eigenvalue weighted by Crippen LogP contribution is 2.13. The molecule has 0 spiro atoms. The summed E-state index contributed by atoms with van der Waals surface area (Å²) >= 11 is 0. The maximum Gasteiger partial charge on any atom is 0.119 e. The molecular formula is C17H24O. The molecule has 0 saturated heterocycles. The molecule has 0 aliphatic rings. The summed E-state index contributed by atoms with van der Waals surface area (Å²) in [5.41, 5.74) is 0.901. The predicted molar refractivity (Wildman–Crippen MR) is 77.9 cm³/mol. The van der Waals surface area contributed by atoms with Crippen molar-refractivity contribution < 1.29 is 4.74 Å². The van der Waals surface area contributed by atoms with Crippen LogP contribution in [-0.4, -0.2) is 6.61 Å². The Kier molecular flexibility index (Phi) is 7.80. The highest BCUT2D eigenvalue weighted by Gasteiger charge is 1.94. The molecule has 1 aromatic rings. The van der Waals surface area contributed by atoms with Crippen LogP contribution in [0.2, 0.25) is 0 Å². The van der Waals surface area contributed by atoms with Gasteiger partial charge in [-0.05, 0) is 30.7 Å². The fourth-order valence-electron chi connectivity index (χ4n) is 1.90. The smallest absolute Gasteiger partial charge is 0.119 e. The van der Waals surface area contributed by atoms with Crippen LogP contribution in [0.25, 0.3) is 0 Å². The molecule has 0 saturated carbocycles. The van der Waals surface area contributed by atoms with Crippen molar-refractivity contribution in [3.63, 3.8) is 0 Å². The summed E-state index contributed by atoms with van der Waals surface area (Å²) in [5.74, 6) is 3.52. The lowest BCUT2D eigenvalue weighted by molar-refractivity contribution is 0.304. The molecule has 0 fully saturated rings. The van der Waals surface area contributed by atoms with Crippen molar-refractivity contribution in [2.75, 3.05) is 6.61 Å². The van der Waals surface area contributed by atoms with Crippen molar-refractivity contribution in [3.8, 4) is 18.1 Å². The Labute approximate surface area is 112 Å².